The number of rotatable bonds is 3. The number of H-pyrrole nitrogens is 1. The molecule has 2 fully saturated rings. The summed E-state index contributed by atoms with van der Waals surface area (Å²) in [6.45, 7) is 4.18. The summed E-state index contributed by atoms with van der Waals surface area (Å²) in [6.07, 6.45) is 6.83. The fraction of sp³-hybridized carbons (Fsp3) is 0.625. The Morgan fingerprint density at radius 1 is 0.969 bits per heavy atom. The Bertz CT molecular complexity index is 1090. The van der Waals surface area contributed by atoms with E-state index < -0.39 is 10.0 Å². The summed E-state index contributed by atoms with van der Waals surface area (Å²) < 4.78 is 28.4. The summed E-state index contributed by atoms with van der Waals surface area (Å²) in [4.78, 5) is 21.0. The Hall–Kier alpha value is -1.90. The molecule has 0 saturated carbocycles. The van der Waals surface area contributed by atoms with Crippen molar-refractivity contribution in [1.82, 2.24) is 19.1 Å². The summed E-state index contributed by atoms with van der Waals surface area (Å²) >= 11 is 0. The molecule has 2 aromatic rings. The lowest BCUT2D eigenvalue weighted by Gasteiger charge is -2.37. The van der Waals surface area contributed by atoms with Crippen LogP contribution in [0.15, 0.2) is 23.1 Å². The predicted molar refractivity (Wildman–Crippen MR) is 125 cm³/mol. The monoisotopic (exact) mass is 458 g/mol. The molecule has 1 aromatic heterocycles. The molecule has 32 heavy (non-hydrogen) atoms. The van der Waals surface area contributed by atoms with Crippen molar-refractivity contribution < 1.29 is 13.2 Å². The predicted octanol–water partition coefficient (Wildman–Crippen LogP) is 2.61. The normalized spacial score (nSPS) is 22.1. The third-order valence-electron chi connectivity index (χ3n) is 7.58. The topological polar surface area (TPSA) is 76.7 Å². The van der Waals surface area contributed by atoms with E-state index in [1.165, 1.54) is 24.1 Å². The maximum absolute atomic E-state index is 13.4. The number of amides is 1. The van der Waals surface area contributed by atoms with Crippen LogP contribution in [0.2, 0.25) is 0 Å². The smallest absolute Gasteiger partial charge is 0.243 e. The molecular formula is C24H34N4O3S. The number of nitrogens with zero attached hydrogens (tertiary/aromatic N) is 3. The zero-order valence-corrected chi connectivity index (χ0v) is 19.8. The SMILES string of the molecule is CN1CCN(C(=O)C2CCN(S(=O)(=O)c3ccc4[nH]c5c(c4c3)CCCCC5)CC2)CC1. The van der Waals surface area contributed by atoms with Crippen molar-refractivity contribution in [2.45, 2.75) is 49.8 Å². The molecule has 1 aromatic carbocycles. The van der Waals surface area contributed by atoms with Gasteiger partial charge in [0.1, 0.15) is 0 Å². The van der Waals surface area contributed by atoms with Gasteiger partial charge >= 0.3 is 0 Å². The first-order valence-corrected chi connectivity index (χ1v) is 13.5. The minimum absolute atomic E-state index is 0.0622. The molecule has 5 rings (SSSR count). The number of fused-ring (bicyclic) bond motifs is 3. The quantitative estimate of drug-likeness (QED) is 0.718. The Balaban J connectivity index is 1.30. The molecule has 8 heteroatoms. The van der Waals surface area contributed by atoms with Gasteiger partial charge in [-0.2, -0.15) is 4.31 Å². The van der Waals surface area contributed by atoms with Crippen LogP contribution in [-0.2, 0) is 27.7 Å². The van der Waals surface area contributed by atoms with Crippen molar-refractivity contribution in [3.05, 3.63) is 29.5 Å². The second kappa shape index (κ2) is 8.80. The summed E-state index contributed by atoms with van der Waals surface area (Å²) in [7, 11) is -1.48. The number of aromatic amines is 1. The number of sulfonamides is 1. The van der Waals surface area contributed by atoms with Crippen LogP contribution >= 0.6 is 0 Å². The van der Waals surface area contributed by atoms with Crippen molar-refractivity contribution in [3.8, 4) is 0 Å². The van der Waals surface area contributed by atoms with E-state index in [9.17, 15) is 13.2 Å². The lowest BCUT2D eigenvalue weighted by atomic mass is 9.96. The minimum Gasteiger partial charge on any atom is -0.358 e. The first-order valence-electron chi connectivity index (χ1n) is 12.0. The number of likely N-dealkylation sites (N-methyl/N-ethyl adjacent to an activating group) is 1. The van der Waals surface area contributed by atoms with Crippen molar-refractivity contribution in [1.29, 1.82) is 0 Å². The average Bonchev–Trinajstić information content (AvgIpc) is 2.98. The van der Waals surface area contributed by atoms with Gasteiger partial charge in [0.25, 0.3) is 0 Å². The lowest BCUT2D eigenvalue weighted by Crippen LogP contribution is -2.50. The molecule has 3 heterocycles. The summed E-state index contributed by atoms with van der Waals surface area (Å²) in [5, 5.41) is 1.06. The van der Waals surface area contributed by atoms with Crippen LogP contribution in [0.5, 0.6) is 0 Å². The molecule has 7 nitrogen and oxygen atoms in total. The molecule has 0 spiro atoms. The number of benzene rings is 1. The van der Waals surface area contributed by atoms with Gasteiger partial charge in [0, 0.05) is 61.8 Å². The van der Waals surface area contributed by atoms with Gasteiger partial charge in [0.05, 0.1) is 4.90 Å². The van der Waals surface area contributed by atoms with Crippen LogP contribution in [0.1, 0.15) is 43.4 Å². The Kier molecular flexibility index (Phi) is 6.03. The van der Waals surface area contributed by atoms with E-state index >= 15 is 0 Å². The molecule has 1 aliphatic carbocycles. The van der Waals surface area contributed by atoms with Crippen LogP contribution in [0.25, 0.3) is 10.9 Å². The fourth-order valence-electron chi connectivity index (χ4n) is 5.50. The molecule has 2 saturated heterocycles. The standard InChI is InChI=1S/C24H34N4O3S/c1-26-13-15-27(16-14-26)24(29)18-9-11-28(12-10-18)32(30,31)19-7-8-23-21(17-19)20-5-3-2-4-6-22(20)25-23/h7-8,17-18,25H,2-6,9-16H2,1H3. The van der Waals surface area contributed by atoms with Gasteiger partial charge in [0.15, 0.2) is 0 Å². The number of hydrogen-bond donors (Lipinski definition) is 1. The van der Waals surface area contributed by atoms with Crippen molar-refractivity contribution >= 4 is 26.8 Å². The molecule has 174 valence electrons. The van der Waals surface area contributed by atoms with Crippen LogP contribution in [0.3, 0.4) is 0 Å². The number of piperazine rings is 1. The minimum atomic E-state index is -3.56. The van der Waals surface area contributed by atoms with Crippen molar-refractivity contribution in [2.75, 3.05) is 46.3 Å². The Morgan fingerprint density at radius 3 is 2.44 bits per heavy atom. The van der Waals surface area contributed by atoms with Crippen LogP contribution in [0.4, 0.5) is 0 Å². The highest BCUT2D eigenvalue weighted by Crippen LogP contribution is 2.32. The highest BCUT2D eigenvalue weighted by Gasteiger charge is 2.34. The van der Waals surface area contributed by atoms with Crippen molar-refractivity contribution in [2.24, 2.45) is 5.92 Å². The van der Waals surface area contributed by atoms with E-state index in [1.807, 2.05) is 17.0 Å². The highest BCUT2D eigenvalue weighted by atomic mass is 32.2. The first-order chi connectivity index (χ1) is 15.4. The number of aryl methyl sites for hydroxylation is 2. The largest absolute Gasteiger partial charge is 0.358 e. The van der Waals surface area contributed by atoms with E-state index in [0.29, 0.717) is 30.8 Å². The van der Waals surface area contributed by atoms with Gasteiger partial charge in [-0.05, 0) is 69.3 Å². The maximum atomic E-state index is 13.4. The zero-order valence-electron chi connectivity index (χ0n) is 19.0. The lowest BCUT2D eigenvalue weighted by molar-refractivity contribution is -0.138. The second-order valence-corrected chi connectivity index (χ2v) is 11.6. The number of carbonyl (C=O) groups is 1. The second-order valence-electron chi connectivity index (χ2n) is 9.66. The van der Waals surface area contributed by atoms with E-state index in [2.05, 4.69) is 16.9 Å². The van der Waals surface area contributed by atoms with Crippen molar-refractivity contribution in [3.63, 3.8) is 0 Å². The first kappa shape index (κ1) is 21.9. The van der Waals surface area contributed by atoms with Crippen LogP contribution in [-0.4, -0.2) is 79.7 Å². The van der Waals surface area contributed by atoms with Crippen LogP contribution in [0, 0.1) is 5.92 Å². The third kappa shape index (κ3) is 4.08. The molecule has 1 N–H and O–H groups in total. The maximum Gasteiger partial charge on any atom is 0.243 e. The van der Waals surface area contributed by atoms with Gasteiger partial charge in [0.2, 0.25) is 15.9 Å². The number of piperidine rings is 1. The number of nitrogens with one attached hydrogen (secondary N) is 1. The zero-order chi connectivity index (χ0) is 22.3. The van der Waals surface area contributed by atoms with Gasteiger partial charge in [-0.1, -0.05) is 6.42 Å². The third-order valence-corrected chi connectivity index (χ3v) is 9.47. The number of aromatic nitrogens is 1. The van der Waals surface area contributed by atoms with Gasteiger partial charge < -0.3 is 14.8 Å². The molecule has 0 radical (unpaired) electrons. The van der Waals surface area contributed by atoms with E-state index in [0.717, 1.165) is 56.3 Å². The molecule has 0 bridgehead atoms. The molecule has 2 aliphatic heterocycles. The van der Waals surface area contributed by atoms with Gasteiger partial charge in [-0.25, -0.2) is 8.42 Å². The van der Waals surface area contributed by atoms with Gasteiger partial charge in [-0.3, -0.25) is 4.79 Å². The van der Waals surface area contributed by atoms with Crippen LogP contribution < -0.4 is 0 Å². The van der Waals surface area contributed by atoms with E-state index in [4.69, 9.17) is 0 Å². The Labute approximate surface area is 190 Å². The van der Waals surface area contributed by atoms with E-state index in [1.54, 1.807) is 10.4 Å². The molecule has 0 unspecified atom stereocenters. The number of carbonyl (C=O) groups excluding carboxylic acids is 1. The molecular weight excluding hydrogens is 424 g/mol. The highest BCUT2D eigenvalue weighted by molar-refractivity contribution is 7.89. The number of hydrogen-bond acceptors (Lipinski definition) is 4. The Morgan fingerprint density at radius 2 is 1.69 bits per heavy atom. The average molecular weight is 459 g/mol. The van der Waals surface area contributed by atoms with E-state index in [-0.39, 0.29) is 11.8 Å². The summed E-state index contributed by atoms with van der Waals surface area (Å²) in [5.41, 5.74) is 3.61. The summed E-state index contributed by atoms with van der Waals surface area (Å²) in [6, 6.07) is 5.52. The molecule has 1 amide bonds. The molecule has 0 atom stereocenters. The summed E-state index contributed by atoms with van der Waals surface area (Å²) in [5.74, 6) is 0.138. The fourth-order valence-corrected chi connectivity index (χ4v) is 7.00. The molecule has 3 aliphatic rings. The van der Waals surface area contributed by atoms with Gasteiger partial charge in [-0.15, -0.1) is 0 Å².